The molecule has 0 spiro atoms. The van der Waals surface area contributed by atoms with Crippen LogP contribution in [-0.2, 0) is 23.0 Å². The third kappa shape index (κ3) is 4.19. The predicted octanol–water partition coefficient (Wildman–Crippen LogP) is 0.732. The van der Waals surface area contributed by atoms with Crippen molar-refractivity contribution in [3.8, 4) is 5.75 Å². The molecule has 2 N–H and O–H groups in total. The highest BCUT2D eigenvalue weighted by molar-refractivity contribution is 7.89. The zero-order valence-electron chi connectivity index (χ0n) is 11.1. The van der Waals surface area contributed by atoms with E-state index in [1.54, 1.807) is 0 Å². The van der Waals surface area contributed by atoms with Crippen LogP contribution in [-0.4, -0.2) is 38.8 Å². The van der Waals surface area contributed by atoms with Crippen molar-refractivity contribution in [1.82, 2.24) is 4.90 Å². The zero-order valence-corrected chi connectivity index (χ0v) is 11.9. The summed E-state index contributed by atoms with van der Waals surface area (Å²) in [6, 6.07) is 6.13. The first-order chi connectivity index (χ1) is 8.98. The fraction of sp³-hybridized carbons (Fsp3) is 0.538. The van der Waals surface area contributed by atoms with Crippen molar-refractivity contribution in [3.05, 3.63) is 29.3 Å². The number of hydrogen-bond donors (Lipinski definition) is 1. The van der Waals surface area contributed by atoms with Crippen LogP contribution in [0.25, 0.3) is 0 Å². The fourth-order valence-electron chi connectivity index (χ4n) is 2.30. The molecule has 0 aliphatic carbocycles. The van der Waals surface area contributed by atoms with Crippen LogP contribution < -0.4 is 9.88 Å². The molecule has 106 valence electrons. The quantitative estimate of drug-likeness (QED) is 0.865. The highest BCUT2D eigenvalue weighted by atomic mass is 32.2. The van der Waals surface area contributed by atoms with E-state index in [1.165, 1.54) is 11.1 Å². The Balaban J connectivity index is 2.03. The Bertz CT molecular complexity index is 543. The van der Waals surface area contributed by atoms with Crippen LogP contribution in [0.2, 0.25) is 0 Å². The summed E-state index contributed by atoms with van der Waals surface area (Å²) in [5, 5.41) is 5.04. The first-order valence-electron chi connectivity index (χ1n) is 6.45. The molecule has 0 saturated carbocycles. The van der Waals surface area contributed by atoms with Gasteiger partial charge in [-0.15, -0.1) is 0 Å². The van der Waals surface area contributed by atoms with Gasteiger partial charge in [-0.3, -0.25) is 4.90 Å². The minimum absolute atomic E-state index is 0.00742. The van der Waals surface area contributed by atoms with Gasteiger partial charge in [0.2, 0.25) is 10.0 Å². The van der Waals surface area contributed by atoms with Gasteiger partial charge in [-0.25, -0.2) is 13.6 Å². The highest BCUT2D eigenvalue weighted by Gasteiger charge is 2.18. The van der Waals surface area contributed by atoms with Crippen molar-refractivity contribution in [2.45, 2.75) is 19.9 Å². The van der Waals surface area contributed by atoms with Gasteiger partial charge >= 0.3 is 0 Å². The normalized spacial score (nSPS) is 16.1. The number of primary sulfonamides is 1. The van der Waals surface area contributed by atoms with E-state index < -0.39 is 10.0 Å². The summed E-state index contributed by atoms with van der Waals surface area (Å²) in [5.74, 6) is 0.877. The van der Waals surface area contributed by atoms with E-state index in [-0.39, 0.29) is 5.75 Å². The SMILES string of the molecule is CCOc1ccc2c(c1)CN(CCS(N)(=O)=O)CC2. The van der Waals surface area contributed by atoms with E-state index in [4.69, 9.17) is 9.88 Å². The molecule has 1 aromatic rings. The van der Waals surface area contributed by atoms with E-state index in [0.29, 0.717) is 13.2 Å². The molecule has 0 atom stereocenters. The summed E-state index contributed by atoms with van der Waals surface area (Å²) in [6.45, 7) is 4.71. The first-order valence-corrected chi connectivity index (χ1v) is 8.17. The third-order valence-corrected chi connectivity index (χ3v) is 4.02. The summed E-state index contributed by atoms with van der Waals surface area (Å²) < 4.78 is 27.5. The molecule has 1 aliphatic heterocycles. The van der Waals surface area contributed by atoms with E-state index >= 15 is 0 Å². The monoisotopic (exact) mass is 284 g/mol. The Morgan fingerprint density at radius 1 is 1.37 bits per heavy atom. The second-order valence-corrected chi connectivity index (χ2v) is 6.49. The topological polar surface area (TPSA) is 72.6 Å². The van der Waals surface area contributed by atoms with Gasteiger partial charge in [-0.1, -0.05) is 6.07 Å². The van der Waals surface area contributed by atoms with Gasteiger partial charge in [0.15, 0.2) is 0 Å². The number of nitrogens with zero attached hydrogens (tertiary/aromatic N) is 1. The lowest BCUT2D eigenvalue weighted by Gasteiger charge is -2.28. The van der Waals surface area contributed by atoms with Gasteiger partial charge in [0, 0.05) is 19.6 Å². The molecular formula is C13H20N2O3S. The number of fused-ring (bicyclic) bond motifs is 1. The van der Waals surface area contributed by atoms with Crippen molar-refractivity contribution >= 4 is 10.0 Å². The second-order valence-electron chi connectivity index (χ2n) is 4.76. The van der Waals surface area contributed by atoms with Gasteiger partial charge in [0.05, 0.1) is 12.4 Å². The molecule has 1 heterocycles. The van der Waals surface area contributed by atoms with Crippen molar-refractivity contribution < 1.29 is 13.2 Å². The maximum atomic E-state index is 11.0. The van der Waals surface area contributed by atoms with Crippen molar-refractivity contribution in [2.24, 2.45) is 5.14 Å². The lowest BCUT2D eigenvalue weighted by Crippen LogP contribution is -2.35. The van der Waals surface area contributed by atoms with Crippen molar-refractivity contribution in [1.29, 1.82) is 0 Å². The molecule has 6 heteroatoms. The molecular weight excluding hydrogens is 264 g/mol. The number of rotatable bonds is 5. The molecule has 0 radical (unpaired) electrons. The van der Waals surface area contributed by atoms with Crippen LogP contribution in [0, 0.1) is 0 Å². The molecule has 5 nitrogen and oxygen atoms in total. The summed E-state index contributed by atoms with van der Waals surface area (Å²) in [6.07, 6.45) is 0.937. The standard InChI is InChI=1S/C13H20N2O3S/c1-2-18-13-4-3-11-5-6-15(10-12(11)9-13)7-8-19(14,16)17/h3-4,9H,2,5-8,10H2,1H3,(H2,14,16,17). The Hall–Kier alpha value is -1.11. The molecule has 1 aromatic carbocycles. The first kappa shape index (κ1) is 14.3. The third-order valence-electron chi connectivity index (χ3n) is 3.27. The summed E-state index contributed by atoms with van der Waals surface area (Å²) in [4.78, 5) is 2.11. The van der Waals surface area contributed by atoms with E-state index in [0.717, 1.165) is 25.3 Å². The Morgan fingerprint density at radius 3 is 2.84 bits per heavy atom. The molecule has 0 aromatic heterocycles. The number of hydrogen-bond acceptors (Lipinski definition) is 4. The molecule has 2 rings (SSSR count). The lowest BCUT2D eigenvalue weighted by molar-refractivity contribution is 0.267. The number of benzene rings is 1. The molecule has 0 fully saturated rings. The molecule has 0 unspecified atom stereocenters. The van der Waals surface area contributed by atoms with E-state index in [9.17, 15) is 8.42 Å². The van der Waals surface area contributed by atoms with Gasteiger partial charge in [0.1, 0.15) is 5.75 Å². The second kappa shape index (κ2) is 5.90. The Labute approximate surface area is 114 Å². The van der Waals surface area contributed by atoms with Crippen LogP contribution in [0.3, 0.4) is 0 Å². The van der Waals surface area contributed by atoms with E-state index in [2.05, 4.69) is 11.0 Å². The van der Waals surface area contributed by atoms with Crippen LogP contribution in [0.1, 0.15) is 18.1 Å². The van der Waals surface area contributed by atoms with Crippen molar-refractivity contribution in [2.75, 3.05) is 25.4 Å². The highest BCUT2D eigenvalue weighted by Crippen LogP contribution is 2.23. The average molecular weight is 284 g/mol. The molecule has 19 heavy (non-hydrogen) atoms. The van der Waals surface area contributed by atoms with Crippen LogP contribution in [0.4, 0.5) is 0 Å². The predicted molar refractivity (Wildman–Crippen MR) is 74.6 cm³/mol. The summed E-state index contributed by atoms with van der Waals surface area (Å²) >= 11 is 0. The maximum Gasteiger partial charge on any atom is 0.210 e. The van der Waals surface area contributed by atoms with Crippen LogP contribution in [0.15, 0.2) is 18.2 Å². The van der Waals surface area contributed by atoms with Gasteiger partial charge < -0.3 is 4.74 Å². The van der Waals surface area contributed by atoms with Gasteiger partial charge in [0.25, 0.3) is 0 Å². The van der Waals surface area contributed by atoms with Gasteiger partial charge in [-0.05, 0) is 36.6 Å². The number of sulfonamides is 1. The van der Waals surface area contributed by atoms with Crippen LogP contribution in [0.5, 0.6) is 5.75 Å². The summed E-state index contributed by atoms with van der Waals surface area (Å²) in [5.41, 5.74) is 2.53. The van der Waals surface area contributed by atoms with Gasteiger partial charge in [-0.2, -0.15) is 0 Å². The fourth-order valence-corrected chi connectivity index (χ4v) is 2.81. The Kier molecular flexibility index (Phi) is 4.44. The minimum atomic E-state index is -3.38. The largest absolute Gasteiger partial charge is 0.494 e. The minimum Gasteiger partial charge on any atom is -0.494 e. The van der Waals surface area contributed by atoms with Crippen molar-refractivity contribution in [3.63, 3.8) is 0 Å². The lowest BCUT2D eigenvalue weighted by atomic mass is 9.99. The maximum absolute atomic E-state index is 11.0. The van der Waals surface area contributed by atoms with Crippen LogP contribution >= 0.6 is 0 Å². The Morgan fingerprint density at radius 2 is 2.16 bits per heavy atom. The number of nitrogens with two attached hydrogens (primary N) is 1. The molecule has 0 saturated heterocycles. The summed E-state index contributed by atoms with van der Waals surface area (Å²) in [7, 11) is -3.38. The molecule has 1 aliphatic rings. The number of ether oxygens (including phenoxy) is 1. The van der Waals surface area contributed by atoms with E-state index in [1.807, 2.05) is 19.1 Å². The zero-order chi connectivity index (χ0) is 13.9. The molecule has 0 amide bonds. The molecule has 0 bridgehead atoms. The average Bonchev–Trinajstić information content (AvgIpc) is 2.35. The smallest absolute Gasteiger partial charge is 0.210 e.